The van der Waals surface area contributed by atoms with E-state index in [1.165, 1.54) is 10.8 Å². The lowest BCUT2D eigenvalue weighted by Gasteiger charge is -2.16. The van der Waals surface area contributed by atoms with E-state index in [1.807, 2.05) is 25.1 Å². The minimum atomic E-state index is -0.643. The van der Waals surface area contributed by atoms with Gasteiger partial charge in [-0.1, -0.05) is 36.8 Å². The van der Waals surface area contributed by atoms with Crippen molar-refractivity contribution in [3.63, 3.8) is 0 Å². The Morgan fingerprint density at radius 3 is 2.70 bits per heavy atom. The standard InChI is InChI=1S/C22H28N6O3.C8H9N3S/c1-3-4-5-15(9-16-11-24-19(23)8-14(16)2)10-26-21(30)18-6-7-20-25-12-17(27-13-29)22(31)28(18)20;1-6(9)12-8(10)7-3-2-4-11-5-7/h8-9,11-13,18H,3-7,10H2,1-2H3,(H2,23,24)(H,26,30)(H,27,29);2-5,9-10H,1H3/b15-9+;. The van der Waals surface area contributed by atoms with E-state index in [4.69, 9.17) is 16.6 Å². The van der Waals surface area contributed by atoms with Crippen LogP contribution >= 0.6 is 11.8 Å². The zero-order chi connectivity index (χ0) is 31.4. The summed E-state index contributed by atoms with van der Waals surface area (Å²) in [5.74, 6) is 0.785. The lowest BCUT2D eigenvalue weighted by Crippen LogP contribution is -2.37. The maximum Gasteiger partial charge on any atom is 0.278 e. The summed E-state index contributed by atoms with van der Waals surface area (Å²) in [7, 11) is 0. The number of aryl methyl sites for hydroxylation is 2. The van der Waals surface area contributed by atoms with Crippen LogP contribution in [0.1, 0.15) is 68.1 Å². The molecule has 0 aliphatic carbocycles. The highest BCUT2D eigenvalue weighted by atomic mass is 32.2. The van der Waals surface area contributed by atoms with Gasteiger partial charge in [-0.25, -0.2) is 9.97 Å². The normalized spacial score (nSPS) is 13.7. The number of pyridine rings is 2. The van der Waals surface area contributed by atoms with Gasteiger partial charge in [0.1, 0.15) is 28.4 Å². The van der Waals surface area contributed by atoms with Gasteiger partial charge in [0, 0.05) is 37.1 Å². The summed E-state index contributed by atoms with van der Waals surface area (Å²) in [6, 6.07) is 4.77. The number of hydrogen-bond donors (Lipinski definition) is 5. The minimum absolute atomic E-state index is 0.0632. The molecule has 4 heterocycles. The van der Waals surface area contributed by atoms with Crippen molar-refractivity contribution in [2.24, 2.45) is 0 Å². The number of anilines is 2. The van der Waals surface area contributed by atoms with Crippen LogP contribution in [0.5, 0.6) is 0 Å². The third-order valence-electron chi connectivity index (χ3n) is 6.59. The molecular weight excluding hydrogens is 566 g/mol. The van der Waals surface area contributed by atoms with Crippen LogP contribution in [0.2, 0.25) is 0 Å². The molecule has 226 valence electrons. The molecule has 1 aliphatic heterocycles. The number of hydrogen-bond acceptors (Lipinski definition) is 10. The minimum Gasteiger partial charge on any atom is -0.384 e. The fraction of sp³-hybridized carbons (Fsp3) is 0.333. The first kappa shape index (κ1) is 32.9. The molecule has 6 N–H and O–H groups in total. The molecule has 0 saturated carbocycles. The Morgan fingerprint density at radius 1 is 1.26 bits per heavy atom. The first-order valence-corrected chi connectivity index (χ1v) is 14.7. The number of nitrogens with zero attached hydrogens (tertiary/aromatic N) is 4. The Morgan fingerprint density at radius 2 is 2.05 bits per heavy atom. The van der Waals surface area contributed by atoms with Crippen molar-refractivity contribution in [3.8, 4) is 0 Å². The summed E-state index contributed by atoms with van der Waals surface area (Å²) in [6.45, 7) is 6.13. The zero-order valence-corrected chi connectivity index (χ0v) is 25.3. The van der Waals surface area contributed by atoms with Gasteiger partial charge < -0.3 is 16.4 Å². The Hall–Kier alpha value is -4.65. The number of thioether (sulfide) groups is 1. The van der Waals surface area contributed by atoms with Gasteiger partial charge in [0.2, 0.25) is 12.3 Å². The summed E-state index contributed by atoms with van der Waals surface area (Å²) >= 11 is 1.13. The molecule has 0 aromatic carbocycles. The van der Waals surface area contributed by atoms with Gasteiger partial charge in [-0.05, 0) is 62.4 Å². The lowest BCUT2D eigenvalue weighted by molar-refractivity contribution is -0.124. The first-order chi connectivity index (χ1) is 20.6. The second-order valence-corrected chi connectivity index (χ2v) is 11.1. The van der Waals surface area contributed by atoms with E-state index < -0.39 is 11.6 Å². The number of fused-ring (bicyclic) bond motifs is 1. The number of nitrogen functional groups attached to an aromatic ring is 1. The summed E-state index contributed by atoms with van der Waals surface area (Å²) in [6.07, 6.45) is 12.7. The van der Waals surface area contributed by atoms with Crippen LogP contribution in [-0.4, -0.2) is 48.5 Å². The topological polar surface area (TPSA) is 193 Å². The highest BCUT2D eigenvalue weighted by Gasteiger charge is 2.31. The molecule has 1 aliphatic rings. The second kappa shape index (κ2) is 16.1. The Balaban J connectivity index is 0.000000353. The first-order valence-electron chi connectivity index (χ1n) is 13.9. The summed E-state index contributed by atoms with van der Waals surface area (Å²) in [5, 5.41) is 20.8. The molecule has 43 heavy (non-hydrogen) atoms. The predicted molar refractivity (Wildman–Crippen MR) is 171 cm³/mol. The van der Waals surface area contributed by atoms with Gasteiger partial charge in [0.15, 0.2) is 0 Å². The van der Waals surface area contributed by atoms with Crippen LogP contribution < -0.4 is 21.9 Å². The molecule has 1 atom stereocenters. The zero-order valence-electron chi connectivity index (χ0n) is 24.5. The van der Waals surface area contributed by atoms with E-state index in [2.05, 4.69) is 32.5 Å². The molecule has 12 nitrogen and oxygen atoms in total. The predicted octanol–water partition coefficient (Wildman–Crippen LogP) is 4.11. The van der Waals surface area contributed by atoms with Gasteiger partial charge in [0.25, 0.3) is 5.56 Å². The van der Waals surface area contributed by atoms with Crippen molar-refractivity contribution in [1.29, 1.82) is 10.8 Å². The van der Waals surface area contributed by atoms with Crippen molar-refractivity contribution in [2.75, 3.05) is 17.6 Å². The Bertz CT molecular complexity index is 1550. The second-order valence-electron chi connectivity index (χ2n) is 9.90. The number of rotatable bonds is 10. The number of aromatic nitrogens is 4. The van der Waals surface area contributed by atoms with E-state index in [-0.39, 0.29) is 11.6 Å². The van der Waals surface area contributed by atoms with Gasteiger partial charge in [-0.15, -0.1) is 0 Å². The smallest absolute Gasteiger partial charge is 0.278 e. The molecule has 1 unspecified atom stereocenters. The number of nitrogens with one attached hydrogen (secondary N) is 4. The number of nitrogens with two attached hydrogens (primary N) is 1. The van der Waals surface area contributed by atoms with Gasteiger partial charge >= 0.3 is 0 Å². The average molecular weight is 604 g/mol. The molecule has 0 fully saturated rings. The van der Waals surface area contributed by atoms with E-state index in [0.29, 0.717) is 47.5 Å². The van der Waals surface area contributed by atoms with Crippen LogP contribution in [0, 0.1) is 17.7 Å². The largest absolute Gasteiger partial charge is 0.384 e. The van der Waals surface area contributed by atoms with Crippen LogP contribution in [0.3, 0.4) is 0 Å². The van der Waals surface area contributed by atoms with Gasteiger partial charge in [0.05, 0.1) is 11.2 Å². The monoisotopic (exact) mass is 603 g/mol. The van der Waals surface area contributed by atoms with Crippen LogP contribution in [-0.2, 0) is 16.0 Å². The van der Waals surface area contributed by atoms with E-state index in [1.54, 1.807) is 31.6 Å². The molecule has 0 radical (unpaired) electrons. The molecule has 0 spiro atoms. The third-order valence-corrected chi connectivity index (χ3v) is 7.34. The fourth-order valence-corrected chi connectivity index (χ4v) is 4.96. The van der Waals surface area contributed by atoms with E-state index in [9.17, 15) is 14.4 Å². The van der Waals surface area contributed by atoms with Crippen LogP contribution in [0.25, 0.3) is 6.08 Å². The molecule has 4 rings (SSSR count). The van der Waals surface area contributed by atoms with Crippen molar-refractivity contribution >= 4 is 51.7 Å². The Kier molecular flexibility index (Phi) is 12.3. The van der Waals surface area contributed by atoms with Crippen molar-refractivity contribution in [2.45, 2.75) is 58.9 Å². The molecule has 3 aromatic rings. The van der Waals surface area contributed by atoms with Crippen LogP contribution in [0.4, 0.5) is 11.5 Å². The molecule has 0 saturated heterocycles. The molecule has 2 amide bonds. The number of carbonyl (C=O) groups excluding carboxylic acids is 2. The van der Waals surface area contributed by atoms with Crippen molar-refractivity contribution in [1.82, 2.24) is 24.8 Å². The van der Waals surface area contributed by atoms with Gasteiger partial charge in [-0.2, -0.15) is 0 Å². The van der Waals surface area contributed by atoms with E-state index >= 15 is 0 Å². The van der Waals surface area contributed by atoms with Crippen molar-refractivity contribution < 1.29 is 9.59 Å². The molecule has 3 aromatic heterocycles. The van der Waals surface area contributed by atoms with Crippen LogP contribution in [0.15, 0.2) is 53.4 Å². The lowest BCUT2D eigenvalue weighted by atomic mass is 10.0. The van der Waals surface area contributed by atoms with Crippen molar-refractivity contribution in [3.05, 3.63) is 81.4 Å². The maximum atomic E-state index is 12.9. The molecular formula is C30H37N9O3S. The average Bonchev–Trinajstić information content (AvgIpc) is 3.43. The number of amides is 2. The SMILES string of the molecule is CC(=N)SC(=N)c1cccnc1.CCCC/C(=C\c1cnc(N)cc1C)CNC(=O)C1CCc2ncc(NC=O)c(=O)n21. The summed E-state index contributed by atoms with van der Waals surface area (Å²) in [5.41, 5.74) is 9.20. The highest BCUT2D eigenvalue weighted by molar-refractivity contribution is 8.26. The molecule has 13 heteroatoms. The summed E-state index contributed by atoms with van der Waals surface area (Å²) < 4.78 is 1.38. The number of unbranched alkanes of at least 4 members (excludes halogenated alkanes) is 1. The maximum absolute atomic E-state index is 12.9. The van der Waals surface area contributed by atoms with Gasteiger partial charge in [-0.3, -0.25) is 34.8 Å². The fourth-order valence-electron chi connectivity index (χ4n) is 4.42. The highest BCUT2D eigenvalue weighted by Crippen LogP contribution is 2.24. The molecule has 0 bridgehead atoms. The quantitative estimate of drug-likeness (QED) is 0.130. The van der Waals surface area contributed by atoms with E-state index in [0.717, 1.165) is 53.3 Å². The third kappa shape index (κ3) is 9.43. The number of carbonyl (C=O) groups is 2. The summed E-state index contributed by atoms with van der Waals surface area (Å²) in [4.78, 5) is 48.5. The Labute approximate surface area is 254 Å².